The third-order valence-electron chi connectivity index (χ3n) is 5.18. The lowest BCUT2D eigenvalue weighted by molar-refractivity contribution is -0.119. The molecule has 150 valence electrons. The van der Waals surface area contributed by atoms with E-state index in [4.69, 9.17) is 11.6 Å². The van der Waals surface area contributed by atoms with Crippen molar-refractivity contribution in [2.75, 3.05) is 23.7 Å². The van der Waals surface area contributed by atoms with Crippen molar-refractivity contribution in [3.8, 4) is 0 Å². The van der Waals surface area contributed by atoms with Crippen LogP contribution in [0.1, 0.15) is 43.9 Å². The summed E-state index contributed by atoms with van der Waals surface area (Å²) in [6.07, 6.45) is 2.59. The first kappa shape index (κ1) is 21.1. The monoisotopic (exact) mass is 416 g/mol. The molecule has 0 aliphatic carbocycles. The number of benzene rings is 2. The Bertz CT molecular complexity index is 780. The SMILES string of the molecule is C[C@@H]1CCCN(c2ccc([C@@H](C)NC(=O)CSCc3cccc(Cl)c3)cc2)C1. The molecule has 0 spiro atoms. The van der Waals surface area contributed by atoms with Crippen molar-refractivity contribution >= 4 is 35.0 Å². The quantitative estimate of drug-likeness (QED) is 0.629. The van der Waals surface area contributed by atoms with Crippen LogP contribution in [0.25, 0.3) is 0 Å². The van der Waals surface area contributed by atoms with Crippen LogP contribution in [0.4, 0.5) is 5.69 Å². The Morgan fingerprint density at radius 2 is 2.07 bits per heavy atom. The molecular weight excluding hydrogens is 388 g/mol. The molecule has 0 radical (unpaired) electrons. The predicted octanol–water partition coefficient (Wildman–Crippen LogP) is 5.69. The molecule has 5 heteroatoms. The van der Waals surface area contributed by atoms with Gasteiger partial charge in [-0.3, -0.25) is 4.79 Å². The van der Waals surface area contributed by atoms with Gasteiger partial charge in [0.2, 0.25) is 5.91 Å². The van der Waals surface area contributed by atoms with Crippen LogP contribution in [0.2, 0.25) is 5.02 Å². The van der Waals surface area contributed by atoms with Crippen LogP contribution < -0.4 is 10.2 Å². The van der Waals surface area contributed by atoms with Gasteiger partial charge in [-0.1, -0.05) is 42.8 Å². The topological polar surface area (TPSA) is 32.3 Å². The number of anilines is 1. The molecule has 1 heterocycles. The highest BCUT2D eigenvalue weighted by Crippen LogP contribution is 2.25. The third kappa shape index (κ3) is 6.18. The molecule has 0 bridgehead atoms. The van der Waals surface area contributed by atoms with E-state index in [-0.39, 0.29) is 11.9 Å². The molecule has 1 aliphatic rings. The minimum absolute atomic E-state index is 0.00796. The molecular formula is C23H29ClN2OS. The normalized spacial score (nSPS) is 18.0. The van der Waals surface area contributed by atoms with E-state index in [1.165, 1.54) is 18.5 Å². The Morgan fingerprint density at radius 1 is 1.29 bits per heavy atom. The van der Waals surface area contributed by atoms with E-state index in [9.17, 15) is 4.79 Å². The highest BCUT2D eigenvalue weighted by atomic mass is 35.5. The number of hydrogen-bond donors (Lipinski definition) is 1. The number of halogens is 1. The second-order valence-electron chi connectivity index (χ2n) is 7.70. The van der Waals surface area contributed by atoms with Crippen molar-refractivity contribution in [2.45, 2.75) is 38.5 Å². The second kappa shape index (κ2) is 10.2. The van der Waals surface area contributed by atoms with E-state index in [0.29, 0.717) is 5.75 Å². The van der Waals surface area contributed by atoms with Gasteiger partial charge in [0, 0.05) is 29.6 Å². The summed E-state index contributed by atoms with van der Waals surface area (Å²) in [6.45, 7) is 6.63. The fourth-order valence-electron chi connectivity index (χ4n) is 3.65. The number of carbonyl (C=O) groups is 1. The van der Waals surface area contributed by atoms with E-state index in [2.05, 4.69) is 41.4 Å². The number of hydrogen-bond acceptors (Lipinski definition) is 3. The van der Waals surface area contributed by atoms with Crippen molar-refractivity contribution in [1.29, 1.82) is 0 Å². The molecule has 1 aliphatic heterocycles. The Balaban J connectivity index is 1.45. The summed E-state index contributed by atoms with van der Waals surface area (Å²) >= 11 is 7.60. The van der Waals surface area contributed by atoms with Crippen molar-refractivity contribution < 1.29 is 4.79 Å². The van der Waals surface area contributed by atoms with E-state index < -0.39 is 0 Å². The Labute approximate surface area is 177 Å². The van der Waals surface area contributed by atoms with Gasteiger partial charge in [-0.05, 0) is 61.1 Å². The number of thioether (sulfide) groups is 1. The van der Waals surface area contributed by atoms with Crippen LogP contribution in [0.5, 0.6) is 0 Å². The largest absolute Gasteiger partial charge is 0.371 e. The maximum Gasteiger partial charge on any atom is 0.230 e. The van der Waals surface area contributed by atoms with Gasteiger partial charge >= 0.3 is 0 Å². The molecule has 2 aromatic carbocycles. The number of nitrogens with one attached hydrogen (secondary N) is 1. The predicted molar refractivity (Wildman–Crippen MR) is 121 cm³/mol. The average Bonchev–Trinajstić information content (AvgIpc) is 2.68. The maximum absolute atomic E-state index is 12.3. The third-order valence-corrected chi connectivity index (χ3v) is 6.42. The van der Waals surface area contributed by atoms with Gasteiger partial charge in [0.05, 0.1) is 11.8 Å². The second-order valence-corrected chi connectivity index (χ2v) is 9.12. The summed E-state index contributed by atoms with van der Waals surface area (Å²) < 4.78 is 0. The van der Waals surface area contributed by atoms with Gasteiger partial charge in [-0.25, -0.2) is 0 Å². The van der Waals surface area contributed by atoms with E-state index in [1.807, 2.05) is 31.2 Å². The average molecular weight is 417 g/mol. The first-order valence-corrected chi connectivity index (χ1v) is 11.5. The lowest BCUT2D eigenvalue weighted by Gasteiger charge is -2.33. The molecule has 1 saturated heterocycles. The van der Waals surface area contributed by atoms with Crippen LogP contribution in [-0.4, -0.2) is 24.7 Å². The fourth-order valence-corrected chi connectivity index (χ4v) is 4.65. The van der Waals surface area contributed by atoms with E-state index in [1.54, 1.807) is 11.8 Å². The van der Waals surface area contributed by atoms with Gasteiger partial charge in [-0.15, -0.1) is 11.8 Å². The molecule has 3 nitrogen and oxygen atoms in total. The summed E-state index contributed by atoms with van der Waals surface area (Å²) in [4.78, 5) is 14.7. The van der Waals surface area contributed by atoms with Gasteiger partial charge in [-0.2, -0.15) is 0 Å². The van der Waals surface area contributed by atoms with E-state index in [0.717, 1.165) is 40.9 Å². The summed E-state index contributed by atoms with van der Waals surface area (Å²) in [5.74, 6) is 2.05. The van der Waals surface area contributed by atoms with E-state index >= 15 is 0 Å². The van der Waals surface area contributed by atoms with Crippen LogP contribution in [0.3, 0.4) is 0 Å². The van der Waals surface area contributed by atoms with Crippen molar-refractivity contribution in [2.24, 2.45) is 5.92 Å². The van der Waals surface area contributed by atoms with Gasteiger partial charge in [0.25, 0.3) is 0 Å². The summed E-state index contributed by atoms with van der Waals surface area (Å²) in [5, 5.41) is 3.84. The van der Waals surface area contributed by atoms with Crippen LogP contribution >= 0.6 is 23.4 Å². The van der Waals surface area contributed by atoms with Crippen LogP contribution in [-0.2, 0) is 10.5 Å². The first-order chi connectivity index (χ1) is 13.5. The maximum atomic E-state index is 12.3. The van der Waals surface area contributed by atoms with Crippen molar-refractivity contribution in [3.63, 3.8) is 0 Å². The zero-order valence-electron chi connectivity index (χ0n) is 16.7. The molecule has 0 aromatic heterocycles. The van der Waals surface area contributed by atoms with Crippen molar-refractivity contribution in [3.05, 3.63) is 64.7 Å². The Hall–Kier alpha value is -1.65. The molecule has 1 N–H and O–H groups in total. The van der Waals surface area contributed by atoms with Gasteiger partial charge in [0.1, 0.15) is 0 Å². The van der Waals surface area contributed by atoms with Crippen LogP contribution in [0, 0.1) is 5.92 Å². The fraction of sp³-hybridized carbons (Fsp3) is 0.435. The van der Waals surface area contributed by atoms with Gasteiger partial charge in [0.15, 0.2) is 0 Å². The summed E-state index contributed by atoms with van der Waals surface area (Å²) in [6, 6.07) is 16.4. The molecule has 0 saturated carbocycles. The number of nitrogens with zero attached hydrogens (tertiary/aromatic N) is 1. The number of rotatable bonds is 7. The van der Waals surface area contributed by atoms with Crippen molar-refractivity contribution in [1.82, 2.24) is 5.32 Å². The molecule has 2 aromatic rings. The number of piperidine rings is 1. The highest BCUT2D eigenvalue weighted by Gasteiger charge is 2.17. The zero-order chi connectivity index (χ0) is 19.9. The minimum Gasteiger partial charge on any atom is -0.371 e. The zero-order valence-corrected chi connectivity index (χ0v) is 18.2. The Kier molecular flexibility index (Phi) is 7.69. The minimum atomic E-state index is 0.00796. The number of amides is 1. The highest BCUT2D eigenvalue weighted by molar-refractivity contribution is 7.99. The Morgan fingerprint density at radius 3 is 2.79 bits per heavy atom. The summed E-state index contributed by atoms with van der Waals surface area (Å²) in [7, 11) is 0. The molecule has 0 unspecified atom stereocenters. The molecule has 28 heavy (non-hydrogen) atoms. The lowest BCUT2D eigenvalue weighted by atomic mass is 9.99. The van der Waals surface area contributed by atoms with Gasteiger partial charge < -0.3 is 10.2 Å². The molecule has 3 rings (SSSR count). The molecule has 2 atom stereocenters. The summed E-state index contributed by atoms with van der Waals surface area (Å²) in [5.41, 5.74) is 3.56. The number of carbonyl (C=O) groups excluding carboxylic acids is 1. The molecule has 1 fully saturated rings. The smallest absolute Gasteiger partial charge is 0.230 e. The van der Waals surface area contributed by atoms with Crippen LogP contribution in [0.15, 0.2) is 48.5 Å². The first-order valence-electron chi connectivity index (χ1n) is 9.97. The lowest BCUT2D eigenvalue weighted by Crippen LogP contribution is -2.34. The molecule has 1 amide bonds. The standard InChI is InChI=1S/C23H29ClN2OS/c1-17-5-4-12-26(14-17)22-10-8-20(9-11-22)18(2)25-23(27)16-28-15-19-6-3-7-21(24)13-19/h3,6-11,13,17-18H,4-5,12,14-16H2,1-2H3,(H,25,27)/t17-,18-/m1/s1.